The van der Waals surface area contributed by atoms with E-state index in [0.29, 0.717) is 28.2 Å². The molecule has 2 heterocycles. The van der Waals surface area contributed by atoms with Gasteiger partial charge in [-0.1, -0.05) is 17.7 Å². The Bertz CT molecular complexity index is 1140. The molecule has 1 aromatic heterocycles. The van der Waals surface area contributed by atoms with Crippen LogP contribution in [0.2, 0.25) is 5.02 Å². The highest BCUT2D eigenvalue weighted by atomic mass is 35.5. The van der Waals surface area contributed by atoms with Gasteiger partial charge in [-0.3, -0.25) is 10.3 Å². The van der Waals surface area contributed by atoms with E-state index in [1.165, 1.54) is 24.3 Å². The van der Waals surface area contributed by atoms with Crippen LogP contribution in [0.3, 0.4) is 0 Å². The van der Waals surface area contributed by atoms with Crippen molar-refractivity contribution in [1.82, 2.24) is 14.9 Å². The maximum Gasteiger partial charge on any atom is 0.212 e. The lowest BCUT2D eigenvalue weighted by molar-refractivity contribution is 0.408. The molecule has 1 aliphatic rings. The van der Waals surface area contributed by atoms with E-state index in [-0.39, 0.29) is 10.9 Å². The van der Waals surface area contributed by atoms with E-state index < -0.39 is 17.4 Å². The van der Waals surface area contributed by atoms with Crippen molar-refractivity contribution in [3.8, 4) is 0 Å². The van der Waals surface area contributed by atoms with E-state index in [0.717, 1.165) is 0 Å². The summed E-state index contributed by atoms with van der Waals surface area (Å²) >= 11 is 5.75. The number of halogens is 3. The number of imidazole rings is 1. The van der Waals surface area contributed by atoms with Crippen LogP contribution in [0.1, 0.15) is 11.4 Å². The molecule has 3 aromatic rings. The second kappa shape index (κ2) is 6.04. The average Bonchev–Trinajstić information content (AvgIpc) is 2.91. The quantitative estimate of drug-likeness (QED) is 0.629. The number of benzene rings is 2. The molecule has 1 atom stereocenters. The first kappa shape index (κ1) is 17.4. The van der Waals surface area contributed by atoms with Gasteiger partial charge in [0.15, 0.2) is 0 Å². The minimum Gasteiger partial charge on any atom is -0.384 e. The molecule has 6 nitrogen and oxygen atoms in total. The van der Waals surface area contributed by atoms with Crippen molar-refractivity contribution in [2.45, 2.75) is 12.7 Å². The molecular weight excluding hydrogens is 374 g/mol. The number of hydrogen-bond donors (Lipinski definition) is 3. The van der Waals surface area contributed by atoms with Crippen molar-refractivity contribution in [1.29, 1.82) is 0 Å². The van der Waals surface area contributed by atoms with Crippen LogP contribution in [0.4, 0.5) is 8.78 Å². The Morgan fingerprint density at radius 3 is 2.70 bits per heavy atom. The topological polar surface area (TPSA) is 94.2 Å². The fraction of sp³-hybridized carbons (Fsp3) is 0.111. The number of fused-ring (bicyclic) bond motifs is 1. The van der Waals surface area contributed by atoms with Crippen molar-refractivity contribution in [2.24, 2.45) is 16.5 Å². The van der Waals surface area contributed by atoms with E-state index >= 15 is 0 Å². The fourth-order valence-corrected chi connectivity index (χ4v) is 3.22. The van der Waals surface area contributed by atoms with Gasteiger partial charge < -0.3 is 11.1 Å². The second-order valence-corrected chi connectivity index (χ2v) is 6.62. The molecule has 9 heteroatoms. The Balaban J connectivity index is 1.84. The van der Waals surface area contributed by atoms with Gasteiger partial charge in [-0.2, -0.15) is 0 Å². The minimum absolute atomic E-state index is 0.0298. The van der Waals surface area contributed by atoms with Gasteiger partial charge in [0.1, 0.15) is 29.1 Å². The van der Waals surface area contributed by atoms with Crippen molar-refractivity contribution < 1.29 is 8.78 Å². The molecule has 0 amide bonds. The van der Waals surface area contributed by atoms with Crippen LogP contribution in [0.25, 0.3) is 16.9 Å². The second-order valence-electron chi connectivity index (χ2n) is 6.21. The van der Waals surface area contributed by atoms with Crippen LogP contribution < -0.4 is 16.8 Å². The van der Waals surface area contributed by atoms with Gasteiger partial charge in [0.05, 0.1) is 16.1 Å². The van der Waals surface area contributed by atoms with Gasteiger partial charge >= 0.3 is 0 Å². The molecule has 0 aliphatic carbocycles. The fourth-order valence-electron chi connectivity index (χ4n) is 3.10. The van der Waals surface area contributed by atoms with E-state index in [9.17, 15) is 8.78 Å². The predicted molar refractivity (Wildman–Crippen MR) is 101 cm³/mol. The molecule has 0 saturated carbocycles. The van der Waals surface area contributed by atoms with Crippen molar-refractivity contribution >= 4 is 34.3 Å². The maximum absolute atomic E-state index is 13.9. The summed E-state index contributed by atoms with van der Waals surface area (Å²) in [7, 11) is 0. The average molecular weight is 389 g/mol. The minimum atomic E-state index is -1.53. The third-order valence-electron chi connectivity index (χ3n) is 4.29. The molecule has 138 valence electrons. The number of aliphatic imine (C=N–C) groups is 1. The predicted octanol–water partition coefficient (Wildman–Crippen LogP) is 2.80. The van der Waals surface area contributed by atoms with Crippen LogP contribution in [0.5, 0.6) is 0 Å². The maximum atomic E-state index is 13.9. The van der Waals surface area contributed by atoms with Crippen LogP contribution in [0.15, 0.2) is 47.5 Å². The number of rotatable bonds is 2. The van der Waals surface area contributed by atoms with Gasteiger partial charge in [0, 0.05) is 17.7 Å². The van der Waals surface area contributed by atoms with Crippen LogP contribution in [0, 0.1) is 18.6 Å². The number of amidine groups is 1. The van der Waals surface area contributed by atoms with Gasteiger partial charge in [-0.15, -0.1) is 0 Å². The Kier molecular flexibility index (Phi) is 3.90. The molecule has 4 rings (SSSR count). The normalized spacial score (nSPS) is 19.6. The molecule has 0 fully saturated rings. The van der Waals surface area contributed by atoms with Gasteiger partial charge in [-0.05, 0) is 31.2 Å². The van der Waals surface area contributed by atoms with Crippen molar-refractivity contribution in [3.05, 3.63) is 70.5 Å². The van der Waals surface area contributed by atoms with E-state index in [4.69, 9.17) is 23.1 Å². The SMILES string of the molecule is Cc1nc2ccc(F)cc2n1C1=CC(N)=NC(N)(c2ccc(Cl)c(F)c2)N1. The van der Waals surface area contributed by atoms with E-state index in [2.05, 4.69) is 15.3 Å². The largest absolute Gasteiger partial charge is 0.384 e. The summed E-state index contributed by atoms with van der Waals surface area (Å²) in [4.78, 5) is 8.63. The summed E-state index contributed by atoms with van der Waals surface area (Å²) in [5.74, 6) is -1.41. The zero-order valence-corrected chi connectivity index (χ0v) is 14.9. The highest BCUT2D eigenvalue weighted by Gasteiger charge is 2.32. The monoisotopic (exact) mass is 388 g/mol. The third kappa shape index (κ3) is 2.92. The molecular formula is C18H15ClF2N6. The smallest absolute Gasteiger partial charge is 0.212 e. The summed E-state index contributed by atoms with van der Waals surface area (Å²) < 4.78 is 29.4. The first-order valence-electron chi connectivity index (χ1n) is 8.01. The highest BCUT2D eigenvalue weighted by Crippen LogP contribution is 2.28. The number of hydrogen-bond acceptors (Lipinski definition) is 5. The van der Waals surface area contributed by atoms with Gasteiger partial charge in [0.2, 0.25) is 5.79 Å². The third-order valence-corrected chi connectivity index (χ3v) is 4.60. The van der Waals surface area contributed by atoms with Crippen LogP contribution >= 0.6 is 11.6 Å². The molecule has 0 saturated heterocycles. The van der Waals surface area contributed by atoms with Gasteiger partial charge in [0.25, 0.3) is 0 Å². The Morgan fingerprint density at radius 2 is 1.96 bits per heavy atom. The van der Waals surface area contributed by atoms with Crippen molar-refractivity contribution in [3.63, 3.8) is 0 Å². The lowest BCUT2D eigenvalue weighted by atomic mass is 10.1. The molecule has 0 spiro atoms. The number of aryl methyl sites for hydroxylation is 1. The number of aromatic nitrogens is 2. The molecule has 1 aliphatic heterocycles. The molecule has 0 radical (unpaired) electrons. The molecule has 5 N–H and O–H groups in total. The molecule has 27 heavy (non-hydrogen) atoms. The number of nitrogens with two attached hydrogens (primary N) is 2. The summed E-state index contributed by atoms with van der Waals surface area (Å²) in [6, 6.07) is 8.41. The molecule has 2 aromatic carbocycles. The standard InChI is InChI=1S/C18H15ClF2N6/c1-9-24-14-5-3-11(20)7-15(14)27(9)17-8-16(22)25-18(23,26-17)10-2-4-12(19)13(21)6-10/h2-8,26H,23H2,1H3,(H2,22,25). The van der Waals surface area contributed by atoms with E-state index in [1.54, 1.807) is 29.7 Å². The molecule has 1 unspecified atom stereocenters. The first-order chi connectivity index (χ1) is 12.8. The van der Waals surface area contributed by atoms with E-state index in [1.807, 2.05) is 0 Å². The number of nitrogens with zero attached hydrogens (tertiary/aromatic N) is 3. The van der Waals surface area contributed by atoms with Gasteiger partial charge in [-0.25, -0.2) is 18.8 Å². The van der Waals surface area contributed by atoms with Crippen LogP contribution in [-0.4, -0.2) is 15.4 Å². The summed E-state index contributed by atoms with van der Waals surface area (Å²) in [5.41, 5.74) is 13.8. The summed E-state index contributed by atoms with van der Waals surface area (Å²) in [6.07, 6.45) is 1.55. The summed E-state index contributed by atoms with van der Waals surface area (Å²) in [5, 5.41) is 3.01. The highest BCUT2D eigenvalue weighted by molar-refractivity contribution is 6.30. The Morgan fingerprint density at radius 1 is 1.19 bits per heavy atom. The Hall–Kier alpha value is -2.97. The molecule has 0 bridgehead atoms. The van der Waals surface area contributed by atoms with Crippen molar-refractivity contribution in [2.75, 3.05) is 0 Å². The lowest BCUT2D eigenvalue weighted by Crippen LogP contribution is -2.52. The lowest BCUT2D eigenvalue weighted by Gasteiger charge is -2.33. The number of nitrogens with one attached hydrogen (secondary N) is 1. The Labute approximate surface area is 158 Å². The van der Waals surface area contributed by atoms with Crippen LogP contribution in [-0.2, 0) is 5.79 Å². The first-order valence-corrected chi connectivity index (χ1v) is 8.39. The zero-order chi connectivity index (χ0) is 19.3. The summed E-state index contributed by atoms with van der Waals surface area (Å²) in [6.45, 7) is 1.77. The zero-order valence-electron chi connectivity index (χ0n) is 14.2.